The first-order valence-electron chi connectivity index (χ1n) is 9.76. The van der Waals surface area contributed by atoms with Crippen molar-refractivity contribution in [3.63, 3.8) is 0 Å². The second-order valence-corrected chi connectivity index (χ2v) is 8.26. The standard InChI is InChI=1S/C21H28N4O2S/c1-4-5-9-20(26)24-14-28-13-19(24)21(27)22-18-8-6-7-17(11-18)12-25-16(3)10-15(2)23-25/h6-8,10-11,19H,4-5,9,12-14H2,1-3H3,(H,22,27). The van der Waals surface area contributed by atoms with Crippen LogP contribution in [0.1, 0.15) is 43.1 Å². The molecular weight excluding hydrogens is 372 g/mol. The number of rotatable bonds is 7. The molecule has 1 aliphatic rings. The van der Waals surface area contributed by atoms with E-state index >= 15 is 0 Å². The number of hydrogen-bond acceptors (Lipinski definition) is 4. The number of aryl methyl sites for hydroxylation is 2. The van der Waals surface area contributed by atoms with Crippen LogP contribution in [0.2, 0.25) is 0 Å². The lowest BCUT2D eigenvalue weighted by Gasteiger charge is -2.23. The van der Waals surface area contributed by atoms with Crippen molar-refractivity contribution in [2.45, 2.75) is 52.6 Å². The highest BCUT2D eigenvalue weighted by atomic mass is 32.2. The first-order chi connectivity index (χ1) is 13.5. The third kappa shape index (κ3) is 4.95. The quantitative estimate of drug-likeness (QED) is 0.771. The van der Waals surface area contributed by atoms with Crippen LogP contribution < -0.4 is 5.32 Å². The summed E-state index contributed by atoms with van der Waals surface area (Å²) in [4.78, 5) is 26.9. The lowest BCUT2D eigenvalue weighted by molar-refractivity contribution is -0.136. The van der Waals surface area contributed by atoms with Gasteiger partial charge >= 0.3 is 0 Å². The molecule has 7 heteroatoms. The Morgan fingerprint density at radius 1 is 1.29 bits per heavy atom. The molecule has 6 nitrogen and oxygen atoms in total. The maximum Gasteiger partial charge on any atom is 0.248 e. The zero-order chi connectivity index (χ0) is 20.1. The normalized spacial score (nSPS) is 16.4. The molecule has 0 aliphatic carbocycles. The molecule has 1 aromatic carbocycles. The van der Waals surface area contributed by atoms with Crippen molar-refractivity contribution in [2.24, 2.45) is 0 Å². The number of nitrogens with one attached hydrogen (secondary N) is 1. The molecule has 1 unspecified atom stereocenters. The van der Waals surface area contributed by atoms with Crippen LogP contribution in [0.3, 0.4) is 0 Å². The molecule has 1 aromatic heterocycles. The topological polar surface area (TPSA) is 67.2 Å². The fourth-order valence-electron chi connectivity index (χ4n) is 3.36. The van der Waals surface area contributed by atoms with Crippen molar-refractivity contribution in [3.8, 4) is 0 Å². The molecule has 1 aliphatic heterocycles. The number of carbonyl (C=O) groups is 2. The number of carbonyl (C=O) groups excluding carboxylic acids is 2. The first-order valence-corrected chi connectivity index (χ1v) is 10.9. The Kier molecular flexibility index (Phi) is 6.78. The van der Waals surface area contributed by atoms with E-state index in [0.29, 0.717) is 24.6 Å². The zero-order valence-corrected chi connectivity index (χ0v) is 17.6. The van der Waals surface area contributed by atoms with Gasteiger partial charge in [0.25, 0.3) is 0 Å². The molecule has 0 spiro atoms. The van der Waals surface area contributed by atoms with E-state index in [1.165, 1.54) is 0 Å². The Morgan fingerprint density at radius 3 is 2.82 bits per heavy atom. The average molecular weight is 401 g/mol. The van der Waals surface area contributed by atoms with Gasteiger partial charge in [-0.2, -0.15) is 5.10 Å². The lowest BCUT2D eigenvalue weighted by Crippen LogP contribution is -2.44. The van der Waals surface area contributed by atoms with Crippen LogP contribution >= 0.6 is 11.8 Å². The molecule has 0 radical (unpaired) electrons. The summed E-state index contributed by atoms with van der Waals surface area (Å²) >= 11 is 1.63. The number of aromatic nitrogens is 2. The summed E-state index contributed by atoms with van der Waals surface area (Å²) in [5.74, 6) is 1.21. The minimum absolute atomic E-state index is 0.0743. The van der Waals surface area contributed by atoms with Crippen LogP contribution in [0, 0.1) is 13.8 Å². The van der Waals surface area contributed by atoms with Crippen molar-refractivity contribution >= 4 is 29.3 Å². The molecule has 1 N–H and O–H groups in total. The molecule has 2 heterocycles. The minimum Gasteiger partial charge on any atom is -0.324 e. The van der Waals surface area contributed by atoms with Crippen LogP contribution in [0.25, 0.3) is 0 Å². The Hall–Kier alpha value is -2.28. The third-order valence-electron chi connectivity index (χ3n) is 4.88. The number of amides is 2. The molecule has 2 amide bonds. The van der Waals surface area contributed by atoms with E-state index in [1.807, 2.05) is 48.9 Å². The summed E-state index contributed by atoms with van der Waals surface area (Å²) < 4.78 is 1.96. The number of nitrogens with zero attached hydrogens (tertiary/aromatic N) is 3. The van der Waals surface area contributed by atoms with E-state index in [2.05, 4.69) is 17.3 Å². The summed E-state index contributed by atoms with van der Waals surface area (Å²) in [7, 11) is 0. The van der Waals surface area contributed by atoms with Crippen molar-refractivity contribution in [2.75, 3.05) is 16.9 Å². The molecule has 1 atom stereocenters. The smallest absolute Gasteiger partial charge is 0.248 e. The van der Waals surface area contributed by atoms with Gasteiger partial charge < -0.3 is 10.2 Å². The third-order valence-corrected chi connectivity index (χ3v) is 5.89. The maximum atomic E-state index is 12.8. The molecule has 0 saturated carbocycles. The predicted molar refractivity (Wildman–Crippen MR) is 113 cm³/mol. The van der Waals surface area contributed by atoms with Crippen molar-refractivity contribution in [3.05, 3.63) is 47.3 Å². The molecule has 2 aromatic rings. The van der Waals surface area contributed by atoms with Gasteiger partial charge in [0.05, 0.1) is 18.1 Å². The molecule has 1 saturated heterocycles. The molecule has 150 valence electrons. The molecule has 3 rings (SSSR count). The Morgan fingerprint density at radius 2 is 2.11 bits per heavy atom. The summed E-state index contributed by atoms with van der Waals surface area (Å²) in [6.07, 6.45) is 2.35. The molecule has 0 bridgehead atoms. The Bertz CT molecular complexity index is 849. The Balaban J connectivity index is 1.65. The fraction of sp³-hybridized carbons (Fsp3) is 0.476. The van der Waals surface area contributed by atoms with E-state index in [1.54, 1.807) is 16.7 Å². The highest BCUT2D eigenvalue weighted by molar-refractivity contribution is 7.99. The summed E-state index contributed by atoms with van der Waals surface area (Å²) in [6, 6.07) is 9.47. The second kappa shape index (κ2) is 9.28. The van der Waals surface area contributed by atoms with E-state index in [9.17, 15) is 9.59 Å². The second-order valence-electron chi connectivity index (χ2n) is 7.26. The lowest BCUT2D eigenvalue weighted by atomic mass is 10.1. The van der Waals surface area contributed by atoms with Crippen molar-refractivity contribution in [1.29, 1.82) is 0 Å². The fourth-order valence-corrected chi connectivity index (χ4v) is 4.54. The number of anilines is 1. The number of unbranched alkanes of at least 4 members (excludes halogenated alkanes) is 1. The predicted octanol–water partition coefficient (Wildman–Crippen LogP) is 3.58. The van der Waals surface area contributed by atoms with Gasteiger partial charge in [-0.1, -0.05) is 25.5 Å². The highest BCUT2D eigenvalue weighted by Crippen LogP contribution is 2.24. The zero-order valence-electron chi connectivity index (χ0n) is 16.8. The van der Waals surface area contributed by atoms with Crippen molar-refractivity contribution < 1.29 is 9.59 Å². The van der Waals surface area contributed by atoms with Crippen LogP contribution in [0.5, 0.6) is 0 Å². The van der Waals surface area contributed by atoms with Gasteiger partial charge in [-0.15, -0.1) is 11.8 Å². The van der Waals surface area contributed by atoms with Crippen LogP contribution in [0.4, 0.5) is 5.69 Å². The van der Waals surface area contributed by atoms with Gasteiger partial charge in [0, 0.05) is 23.6 Å². The van der Waals surface area contributed by atoms with Gasteiger partial charge in [-0.25, -0.2) is 0 Å². The van der Waals surface area contributed by atoms with Gasteiger partial charge in [-0.05, 0) is 44.0 Å². The van der Waals surface area contributed by atoms with Gasteiger partial charge in [0.1, 0.15) is 6.04 Å². The number of thioether (sulfide) groups is 1. The summed E-state index contributed by atoms with van der Waals surface area (Å²) in [6.45, 7) is 6.74. The Labute approximate surface area is 170 Å². The van der Waals surface area contributed by atoms with Crippen LogP contribution in [0.15, 0.2) is 30.3 Å². The van der Waals surface area contributed by atoms with E-state index < -0.39 is 6.04 Å². The average Bonchev–Trinajstić information content (AvgIpc) is 3.27. The molecule has 1 fully saturated rings. The largest absolute Gasteiger partial charge is 0.324 e. The van der Waals surface area contributed by atoms with E-state index in [-0.39, 0.29) is 11.8 Å². The summed E-state index contributed by atoms with van der Waals surface area (Å²) in [5.41, 5.74) is 3.92. The van der Waals surface area contributed by atoms with Crippen molar-refractivity contribution in [1.82, 2.24) is 14.7 Å². The highest BCUT2D eigenvalue weighted by Gasteiger charge is 2.34. The van der Waals surface area contributed by atoms with E-state index in [4.69, 9.17) is 0 Å². The molecular formula is C21H28N4O2S. The van der Waals surface area contributed by atoms with Gasteiger partial charge in [-0.3, -0.25) is 14.3 Å². The molecule has 28 heavy (non-hydrogen) atoms. The monoisotopic (exact) mass is 400 g/mol. The minimum atomic E-state index is -0.394. The number of benzene rings is 1. The van der Waals surface area contributed by atoms with Crippen LogP contribution in [-0.4, -0.2) is 44.2 Å². The van der Waals surface area contributed by atoms with Gasteiger partial charge in [0.2, 0.25) is 11.8 Å². The van der Waals surface area contributed by atoms with Crippen LogP contribution in [-0.2, 0) is 16.1 Å². The maximum absolute atomic E-state index is 12.8. The van der Waals surface area contributed by atoms with Gasteiger partial charge in [0.15, 0.2) is 0 Å². The summed E-state index contributed by atoms with van der Waals surface area (Å²) in [5, 5.41) is 7.49. The SMILES string of the molecule is CCCCC(=O)N1CSCC1C(=O)Nc1cccc(Cn2nc(C)cc2C)c1. The first kappa shape index (κ1) is 20.5. The van der Waals surface area contributed by atoms with E-state index in [0.717, 1.165) is 35.5 Å². The number of hydrogen-bond donors (Lipinski definition) is 1.